The summed E-state index contributed by atoms with van der Waals surface area (Å²) in [5, 5.41) is 4.94. The lowest BCUT2D eigenvalue weighted by molar-refractivity contribution is -0.123. The molecule has 0 bridgehead atoms. The molecule has 2 aromatic carbocycles. The van der Waals surface area contributed by atoms with Crippen molar-refractivity contribution in [1.82, 2.24) is 5.43 Å². The molecule has 0 saturated carbocycles. The van der Waals surface area contributed by atoms with Gasteiger partial charge in [-0.3, -0.25) is 4.79 Å². The van der Waals surface area contributed by atoms with Gasteiger partial charge in [-0.25, -0.2) is 5.43 Å². The number of hydrazone groups is 1. The third-order valence-electron chi connectivity index (χ3n) is 3.38. The van der Waals surface area contributed by atoms with Gasteiger partial charge >= 0.3 is 0 Å². The first-order valence-electron chi connectivity index (χ1n) is 7.50. The van der Waals surface area contributed by atoms with Crippen LogP contribution in [0.3, 0.4) is 0 Å². The molecule has 0 radical (unpaired) electrons. The van der Waals surface area contributed by atoms with Crippen molar-refractivity contribution in [2.75, 3.05) is 6.61 Å². The second-order valence-electron chi connectivity index (χ2n) is 5.15. The molecule has 0 fully saturated rings. The normalized spacial score (nSPS) is 11.2. The van der Waals surface area contributed by atoms with E-state index in [4.69, 9.17) is 27.9 Å². The minimum absolute atomic E-state index is 0.188. The average molecular weight is 365 g/mol. The molecule has 0 unspecified atom stereocenters. The number of halogens is 2. The number of carbonyl (C=O) groups excluding carboxylic acids is 1. The molecule has 0 heterocycles. The predicted octanol–water partition coefficient (Wildman–Crippen LogP) is 4.48. The van der Waals surface area contributed by atoms with Crippen molar-refractivity contribution < 1.29 is 9.53 Å². The highest BCUT2D eigenvalue weighted by molar-refractivity contribution is 6.35. The van der Waals surface area contributed by atoms with Gasteiger partial charge in [0.15, 0.2) is 6.61 Å². The predicted molar refractivity (Wildman–Crippen MR) is 98.1 cm³/mol. The lowest BCUT2D eigenvalue weighted by Crippen LogP contribution is -2.25. The highest BCUT2D eigenvalue weighted by Gasteiger charge is 2.06. The maximum absolute atomic E-state index is 11.8. The van der Waals surface area contributed by atoms with Crippen LogP contribution in [0, 0.1) is 0 Å². The number of carbonyl (C=O) groups is 1. The van der Waals surface area contributed by atoms with Crippen LogP contribution in [0.5, 0.6) is 5.75 Å². The molecule has 0 aliphatic heterocycles. The number of hydrogen-bond donors (Lipinski definition) is 1. The van der Waals surface area contributed by atoms with Gasteiger partial charge in [-0.15, -0.1) is 0 Å². The van der Waals surface area contributed by atoms with Crippen LogP contribution in [0.2, 0.25) is 10.0 Å². The standard InChI is InChI=1S/C18H18Cl2N2O2/c1-3-13-4-6-14(7-5-13)12(2)21-22-18(23)11-24-17-9-8-15(19)10-16(17)20/h4-10H,3,11H2,1-2H3,(H,22,23). The third kappa shape index (κ3) is 5.25. The molecule has 0 aromatic heterocycles. The summed E-state index contributed by atoms with van der Waals surface area (Å²) in [7, 11) is 0. The number of amides is 1. The van der Waals surface area contributed by atoms with E-state index in [1.807, 2.05) is 31.2 Å². The molecule has 1 N–H and O–H groups in total. The average Bonchev–Trinajstić information content (AvgIpc) is 2.59. The Morgan fingerprint density at radius 2 is 1.88 bits per heavy atom. The van der Waals surface area contributed by atoms with E-state index in [-0.39, 0.29) is 12.5 Å². The van der Waals surface area contributed by atoms with Crippen LogP contribution >= 0.6 is 23.2 Å². The summed E-state index contributed by atoms with van der Waals surface area (Å²) in [6, 6.07) is 12.9. The Morgan fingerprint density at radius 1 is 1.17 bits per heavy atom. The summed E-state index contributed by atoms with van der Waals surface area (Å²) in [6.45, 7) is 3.74. The summed E-state index contributed by atoms with van der Waals surface area (Å²) in [4.78, 5) is 11.8. The van der Waals surface area contributed by atoms with Crippen molar-refractivity contribution in [3.05, 3.63) is 63.6 Å². The van der Waals surface area contributed by atoms with Gasteiger partial charge in [0.25, 0.3) is 5.91 Å². The third-order valence-corrected chi connectivity index (χ3v) is 3.91. The quantitative estimate of drug-likeness (QED) is 0.606. The second kappa shape index (κ2) is 8.71. The molecule has 0 atom stereocenters. The molecule has 0 spiro atoms. The maximum Gasteiger partial charge on any atom is 0.277 e. The van der Waals surface area contributed by atoms with Gasteiger partial charge in [-0.2, -0.15) is 5.10 Å². The zero-order valence-electron chi connectivity index (χ0n) is 13.5. The van der Waals surface area contributed by atoms with Crippen molar-refractivity contribution in [1.29, 1.82) is 0 Å². The fraction of sp³-hybridized carbons (Fsp3) is 0.222. The molecule has 24 heavy (non-hydrogen) atoms. The molecule has 4 nitrogen and oxygen atoms in total. The van der Waals surface area contributed by atoms with Crippen molar-refractivity contribution in [3.63, 3.8) is 0 Å². The Labute approximate surface area is 151 Å². The Kier molecular flexibility index (Phi) is 6.64. The van der Waals surface area contributed by atoms with E-state index in [0.29, 0.717) is 15.8 Å². The largest absolute Gasteiger partial charge is 0.482 e. The van der Waals surface area contributed by atoms with E-state index in [1.165, 1.54) is 5.56 Å². The van der Waals surface area contributed by atoms with Crippen LogP contribution in [0.1, 0.15) is 25.0 Å². The molecular weight excluding hydrogens is 347 g/mol. The smallest absolute Gasteiger partial charge is 0.277 e. The van der Waals surface area contributed by atoms with Crippen molar-refractivity contribution >= 4 is 34.8 Å². The Bertz CT molecular complexity index is 743. The first-order chi connectivity index (χ1) is 11.5. The number of hydrogen-bond acceptors (Lipinski definition) is 3. The van der Waals surface area contributed by atoms with Gasteiger partial charge in [-0.05, 0) is 42.7 Å². The van der Waals surface area contributed by atoms with Crippen LogP contribution < -0.4 is 10.2 Å². The summed E-state index contributed by atoms with van der Waals surface area (Å²) in [5.74, 6) is 0.0256. The lowest BCUT2D eigenvalue weighted by atomic mass is 10.1. The minimum atomic E-state index is -0.370. The van der Waals surface area contributed by atoms with Crippen LogP contribution in [-0.2, 0) is 11.2 Å². The number of nitrogens with one attached hydrogen (secondary N) is 1. The number of nitrogens with zero attached hydrogens (tertiary/aromatic N) is 1. The minimum Gasteiger partial charge on any atom is -0.482 e. The van der Waals surface area contributed by atoms with Gasteiger partial charge in [0.2, 0.25) is 0 Å². The first-order valence-corrected chi connectivity index (χ1v) is 8.25. The molecule has 2 aromatic rings. The van der Waals surface area contributed by atoms with E-state index in [0.717, 1.165) is 17.7 Å². The maximum atomic E-state index is 11.8. The molecule has 1 amide bonds. The monoisotopic (exact) mass is 364 g/mol. The fourth-order valence-electron chi connectivity index (χ4n) is 1.96. The Balaban J connectivity index is 1.89. The molecule has 0 saturated heterocycles. The first kappa shape index (κ1) is 18.3. The number of rotatable bonds is 6. The van der Waals surface area contributed by atoms with Gasteiger partial charge in [0.1, 0.15) is 5.75 Å². The zero-order chi connectivity index (χ0) is 17.5. The fourth-order valence-corrected chi connectivity index (χ4v) is 2.42. The molecule has 6 heteroatoms. The van der Waals surface area contributed by atoms with Crippen molar-refractivity contribution in [2.24, 2.45) is 5.10 Å². The van der Waals surface area contributed by atoms with E-state index < -0.39 is 0 Å². The van der Waals surface area contributed by atoms with E-state index in [1.54, 1.807) is 18.2 Å². The second-order valence-corrected chi connectivity index (χ2v) is 5.99. The lowest BCUT2D eigenvalue weighted by Gasteiger charge is -2.08. The SMILES string of the molecule is CCc1ccc(C(C)=NNC(=O)COc2ccc(Cl)cc2Cl)cc1. The van der Waals surface area contributed by atoms with Gasteiger partial charge < -0.3 is 4.74 Å². The molecule has 2 rings (SSSR count). The highest BCUT2D eigenvalue weighted by atomic mass is 35.5. The molecule has 126 valence electrons. The van der Waals surface area contributed by atoms with Crippen molar-refractivity contribution in [2.45, 2.75) is 20.3 Å². The van der Waals surface area contributed by atoms with E-state index in [9.17, 15) is 4.79 Å². The highest BCUT2D eigenvalue weighted by Crippen LogP contribution is 2.27. The molecule has 0 aliphatic rings. The molecule has 0 aliphatic carbocycles. The van der Waals surface area contributed by atoms with Gasteiger partial charge in [0.05, 0.1) is 10.7 Å². The van der Waals surface area contributed by atoms with E-state index >= 15 is 0 Å². The number of aryl methyl sites for hydroxylation is 1. The van der Waals surface area contributed by atoms with Gasteiger partial charge in [-0.1, -0.05) is 54.4 Å². The summed E-state index contributed by atoms with van der Waals surface area (Å²) in [5.41, 5.74) is 5.39. The summed E-state index contributed by atoms with van der Waals surface area (Å²) in [6.07, 6.45) is 0.984. The topological polar surface area (TPSA) is 50.7 Å². The van der Waals surface area contributed by atoms with Crippen LogP contribution in [0.15, 0.2) is 47.6 Å². The van der Waals surface area contributed by atoms with Crippen LogP contribution in [-0.4, -0.2) is 18.2 Å². The van der Waals surface area contributed by atoms with Crippen molar-refractivity contribution in [3.8, 4) is 5.75 Å². The van der Waals surface area contributed by atoms with E-state index in [2.05, 4.69) is 17.5 Å². The van der Waals surface area contributed by atoms with Gasteiger partial charge in [0, 0.05) is 5.02 Å². The summed E-state index contributed by atoms with van der Waals surface area (Å²) < 4.78 is 5.35. The Hall–Kier alpha value is -2.04. The number of ether oxygens (including phenoxy) is 1. The zero-order valence-corrected chi connectivity index (χ0v) is 15.0. The summed E-state index contributed by atoms with van der Waals surface area (Å²) >= 11 is 11.8. The Morgan fingerprint density at radius 3 is 2.50 bits per heavy atom. The van der Waals surface area contributed by atoms with Crippen LogP contribution in [0.4, 0.5) is 0 Å². The number of benzene rings is 2. The molecular formula is C18H18Cl2N2O2. The van der Waals surface area contributed by atoms with Crippen LogP contribution in [0.25, 0.3) is 0 Å².